The van der Waals surface area contributed by atoms with Crippen LogP contribution in [0.25, 0.3) is 0 Å². The van der Waals surface area contributed by atoms with E-state index in [4.69, 9.17) is 0 Å². The Hall–Kier alpha value is -0.500. The number of nitrogens with one attached hydrogen (secondary N) is 1. The molecule has 0 heterocycles. The van der Waals surface area contributed by atoms with E-state index in [1.807, 2.05) is 0 Å². The van der Waals surface area contributed by atoms with E-state index < -0.39 is 0 Å². The van der Waals surface area contributed by atoms with Crippen molar-refractivity contribution in [1.82, 2.24) is 0 Å². The Morgan fingerprint density at radius 2 is 1.94 bits per heavy atom. The summed E-state index contributed by atoms with van der Waals surface area (Å²) in [5, 5.41) is 3.66. The molecule has 1 aliphatic carbocycles. The van der Waals surface area contributed by atoms with Gasteiger partial charge in [-0.3, -0.25) is 0 Å². The highest BCUT2D eigenvalue weighted by Gasteiger charge is 2.19. The molecule has 1 aromatic carbocycles. The second-order valence-corrected chi connectivity index (χ2v) is 6.15. The van der Waals surface area contributed by atoms with Gasteiger partial charge < -0.3 is 5.32 Å². The molecule has 0 radical (unpaired) electrons. The minimum Gasteiger partial charge on any atom is -0.382 e. The maximum absolute atomic E-state index is 3.66. The second kappa shape index (κ2) is 5.90. The minimum absolute atomic E-state index is 0.593. The molecule has 0 aromatic heterocycles. The highest BCUT2D eigenvalue weighted by atomic mass is 79.9. The van der Waals surface area contributed by atoms with Gasteiger partial charge in [0.2, 0.25) is 0 Å². The van der Waals surface area contributed by atoms with Crippen LogP contribution in [0, 0.1) is 12.8 Å². The standard InChI is InChI=1S/C15H22BrN/c1-11-10-14(8-9-15(11)16)17-12(2)13-6-4-3-5-7-13/h8-10,12-13,17H,3-7H2,1-2H3. The van der Waals surface area contributed by atoms with Gasteiger partial charge in [0.25, 0.3) is 0 Å². The summed E-state index contributed by atoms with van der Waals surface area (Å²) in [6.45, 7) is 4.47. The number of benzene rings is 1. The molecule has 1 nitrogen and oxygen atoms in total. The van der Waals surface area contributed by atoms with Gasteiger partial charge in [-0.1, -0.05) is 35.2 Å². The molecule has 1 aliphatic rings. The summed E-state index contributed by atoms with van der Waals surface area (Å²) < 4.78 is 1.19. The number of anilines is 1. The Morgan fingerprint density at radius 3 is 2.59 bits per heavy atom. The highest BCUT2D eigenvalue weighted by Crippen LogP contribution is 2.28. The van der Waals surface area contributed by atoms with Crippen molar-refractivity contribution in [1.29, 1.82) is 0 Å². The monoisotopic (exact) mass is 295 g/mol. The number of hydrogen-bond donors (Lipinski definition) is 1. The van der Waals surface area contributed by atoms with Crippen LogP contribution in [0.1, 0.15) is 44.6 Å². The third-order valence-corrected chi connectivity index (χ3v) is 4.80. The van der Waals surface area contributed by atoms with Crippen molar-refractivity contribution >= 4 is 21.6 Å². The first kappa shape index (κ1) is 12.9. The molecule has 2 heteroatoms. The fourth-order valence-electron chi connectivity index (χ4n) is 2.75. The normalized spacial score (nSPS) is 19.0. The van der Waals surface area contributed by atoms with Crippen LogP contribution in [-0.2, 0) is 0 Å². The van der Waals surface area contributed by atoms with Crippen molar-refractivity contribution in [3.63, 3.8) is 0 Å². The van der Waals surface area contributed by atoms with Crippen LogP contribution < -0.4 is 5.32 Å². The number of halogens is 1. The van der Waals surface area contributed by atoms with Crippen molar-refractivity contribution < 1.29 is 0 Å². The summed E-state index contributed by atoms with van der Waals surface area (Å²) in [7, 11) is 0. The first-order valence-corrected chi connectivity index (χ1v) is 7.49. The minimum atomic E-state index is 0.593. The SMILES string of the molecule is Cc1cc(NC(C)C2CCCCC2)ccc1Br. The van der Waals surface area contributed by atoms with Gasteiger partial charge in [0.05, 0.1) is 0 Å². The van der Waals surface area contributed by atoms with Crippen LogP contribution in [0.15, 0.2) is 22.7 Å². The summed E-state index contributed by atoms with van der Waals surface area (Å²) in [4.78, 5) is 0. The van der Waals surface area contributed by atoms with Crippen LogP contribution in [0.3, 0.4) is 0 Å². The summed E-state index contributed by atoms with van der Waals surface area (Å²) in [6.07, 6.45) is 7.04. The van der Waals surface area contributed by atoms with Crippen LogP contribution in [0.2, 0.25) is 0 Å². The van der Waals surface area contributed by atoms with E-state index in [-0.39, 0.29) is 0 Å². The van der Waals surface area contributed by atoms with Gasteiger partial charge in [0.1, 0.15) is 0 Å². The molecule has 0 amide bonds. The molecule has 1 unspecified atom stereocenters. The molecule has 1 saturated carbocycles. The average molecular weight is 296 g/mol. The number of aryl methyl sites for hydroxylation is 1. The smallest absolute Gasteiger partial charge is 0.0345 e. The Bertz CT molecular complexity index is 369. The summed E-state index contributed by atoms with van der Waals surface area (Å²) >= 11 is 3.54. The molecular formula is C15H22BrN. The fraction of sp³-hybridized carbons (Fsp3) is 0.600. The molecule has 94 valence electrons. The Balaban J connectivity index is 1.96. The number of hydrogen-bond acceptors (Lipinski definition) is 1. The first-order chi connectivity index (χ1) is 8.16. The summed E-state index contributed by atoms with van der Waals surface area (Å²) in [5.41, 5.74) is 2.55. The molecule has 1 N–H and O–H groups in total. The highest BCUT2D eigenvalue weighted by molar-refractivity contribution is 9.10. The average Bonchev–Trinajstić information content (AvgIpc) is 2.35. The first-order valence-electron chi connectivity index (χ1n) is 6.69. The summed E-state index contributed by atoms with van der Waals surface area (Å²) in [5.74, 6) is 0.854. The molecule has 1 atom stereocenters. The maximum atomic E-state index is 3.66. The predicted octanol–water partition coefficient (Wildman–Crippen LogP) is 5.14. The predicted molar refractivity (Wildman–Crippen MR) is 78.5 cm³/mol. The van der Waals surface area contributed by atoms with Gasteiger partial charge in [-0.15, -0.1) is 0 Å². The van der Waals surface area contributed by atoms with Crippen LogP contribution >= 0.6 is 15.9 Å². The maximum Gasteiger partial charge on any atom is 0.0345 e. The topological polar surface area (TPSA) is 12.0 Å². The molecule has 0 bridgehead atoms. The molecule has 1 fully saturated rings. The number of rotatable bonds is 3. The molecule has 17 heavy (non-hydrogen) atoms. The van der Waals surface area contributed by atoms with E-state index in [1.54, 1.807) is 0 Å². The van der Waals surface area contributed by atoms with Crippen molar-refractivity contribution in [3.8, 4) is 0 Å². The van der Waals surface area contributed by atoms with Crippen molar-refractivity contribution in [2.45, 2.75) is 52.0 Å². The van der Waals surface area contributed by atoms with Crippen molar-refractivity contribution in [3.05, 3.63) is 28.2 Å². The Kier molecular flexibility index (Phi) is 4.49. The van der Waals surface area contributed by atoms with Gasteiger partial charge in [0.15, 0.2) is 0 Å². The third-order valence-electron chi connectivity index (χ3n) is 3.91. The van der Waals surface area contributed by atoms with Crippen molar-refractivity contribution in [2.24, 2.45) is 5.92 Å². The van der Waals surface area contributed by atoms with E-state index in [0.29, 0.717) is 6.04 Å². The van der Waals surface area contributed by atoms with Crippen LogP contribution in [0.5, 0.6) is 0 Å². The van der Waals surface area contributed by atoms with Gasteiger partial charge in [-0.05, 0) is 56.4 Å². The van der Waals surface area contributed by atoms with Gasteiger partial charge in [-0.2, -0.15) is 0 Å². The third kappa shape index (κ3) is 3.48. The molecule has 0 aliphatic heterocycles. The zero-order valence-corrected chi connectivity index (χ0v) is 12.4. The zero-order chi connectivity index (χ0) is 12.3. The van der Waals surface area contributed by atoms with E-state index in [0.717, 1.165) is 5.92 Å². The van der Waals surface area contributed by atoms with E-state index in [2.05, 4.69) is 53.3 Å². The molecule has 1 aromatic rings. The van der Waals surface area contributed by atoms with Gasteiger partial charge in [-0.25, -0.2) is 0 Å². The van der Waals surface area contributed by atoms with E-state index in [9.17, 15) is 0 Å². The molecule has 0 spiro atoms. The second-order valence-electron chi connectivity index (χ2n) is 5.30. The Morgan fingerprint density at radius 1 is 1.24 bits per heavy atom. The lowest BCUT2D eigenvalue weighted by Gasteiger charge is -2.29. The molecule has 2 rings (SSSR count). The lowest BCUT2D eigenvalue weighted by Crippen LogP contribution is -2.27. The lowest BCUT2D eigenvalue weighted by atomic mass is 9.84. The van der Waals surface area contributed by atoms with Crippen LogP contribution in [0.4, 0.5) is 5.69 Å². The quantitative estimate of drug-likeness (QED) is 0.814. The van der Waals surface area contributed by atoms with Gasteiger partial charge in [0, 0.05) is 16.2 Å². The largest absolute Gasteiger partial charge is 0.382 e. The Labute approximate surface area is 113 Å². The van der Waals surface area contributed by atoms with E-state index in [1.165, 1.54) is 47.8 Å². The van der Waals surface area contributed by atoms with E-state index >= 15 is 0 Å². The zero-order valence-electron chi connectivity index (χ0n) is 10.8. The lowest BCUT2D eigenvalue weighted by molar-refractivity contribution is 0.328. The fourth-order valence-corrected chi connectivity index (χ4v) is 3.00. The van der Waals surface area contributed by atoms with Crippen LogP contribution in [-0.4, -0.2) is 6.04 Å². The molecular weight excluding hydrogens is 274 g/mol. The van der Waals surface area contributed by atoms with Gasteiger partial charge >= 0.3 is 0 Å². The summed E-state index contributed by atoms with van der Waals surface area (Å²) in [6, 6.07) is 7.11. The molecule has 0 saturated heterocycles. The van der Waals surface area contributed by atoms with Crippen molar-refractivity contribution in [2.75, 3.05) is 5.32 Å².